The Bertz CT molecular complexity index is 664. The van der Waals surface area contributed by atoms with Crippen LogP contribution in [-0.4, -0.2) is 40.8 Å². The molecule has 0 radical (unpaired) electrons. The van der Waals surface area contributed by atoms with Gasteiger partial charge in [0.15, 0.2) is 0 Å². The molecular formula is C5H2N6Na2O5+2. The van der Waals surface area contributed by atoms with Crippen LogP contribution in [-0.2, 0) is 0 Å². The van der Waals surface area contributed by atoms with Crippen LogP contribution in [0, 0.1) is 10.1 Å². The molecule has 2 rings (SSSR count). The number of nitrogens with zero attached hydrogens (tertiary/aromatic N) is 5. The van der Waals surface area contributed by atoms with Gasteiger partial charge in [-0.2, -0.15) is 9.50 Å². The van der Waals surface area contributed by atoms with Gasteiger partial charge < -0.3 is 15.2 Å². The standard InChI is InChI=1S/C5H2N6O5.2Na/c12-3-2(11(15)16)7-8-5-6-1(4(13)14)9-10(3)5;;/h(H,13,14)(H,6,8,9);;/q;2*+1. The molecule has 0 aliphatic heterocycles. The number of carboxylic acid groups (broad SMARTS) is 1. The molecule has 2 heterocycles. The van der Waals surface area contributed by atoms with E-state index in [9.17, 15) is 19.7 Å². The smallest absolute Gasteiger partial charge is 0.475 e. The maximum Gasteiger partial charge on any atom is 1.00 e. The maximum absolute atomic E-state index is 11.4. The van der Waals surface area contributed by atoms with Gasteiger partial charge in [0.2, 0.25) is 5.82 Å². The van der Waals surface area contributed by atoms with Crippen LogP contribution in [0.15, 0.2) is 4.79 Å². The summed E-state index contributed by atoms with van der Waals surface area (Å²) in [6, 6.07) is 0. The van der Waals surface area contributed by atoms with Crippen LogP contribution >= 0.6 is 0 Å². The Morgan fingerprint density at radius 3 is 2.50 bits per heavy atom. The van der Waals surface area contributed by atoms with Crippen molar-refractivity contribution in [1.29, 1.82) is 0 Å². The number of aromatic nitrogens is 5. The molecule has 0 saturated carbocycles. The van der Waals surface area contributed by atoms with Crippen LogP contribution in [0.5, 0.6) is 0 Å². The van der Waals surface area contributed by atoms with Gasteiger partial charge in [0.1, 0.15) is 0 Å². The summed E-state index contributed by atoms with van der Waals surface area (Å²) in [5.74, 6) is -3.36. The molecule has 0 amide bonds. The minimum atomic E-state index is -1.42. The normalized spacial score (nSPS) is 9.33. The SMILES string of the molecule is O=C(O)c1nc2nnc([N+](=O)[O-])c(=O)n2[nH]1.[Na+].[Na+]. The Kier molecular flexibility index (Phi) is 6.06. The number of fused-ring (bicyclic) bond motifs is 1. The molecule has 0 aliphatic rings. The summed E-state index contributed by atoms with van der Waals surface area (Å²) < 4.78 is 0.536. The average Bonchev–Trinajstić information content (AvgIpc) is 2.62. The predicted octanol–water partition coefficient (Wildman–Crippen LogP) is -7.57. The fourth-order valence-electron chi connectivity index (χ4n) is 0.985. The van der Waals surface area contributed by atoms with Crippen molar-refractivity contribution in [2.45, 2.75) is 0 Å². The van der Waals surface area contributed by atoms with E-state index in [0.717, 1.165) is 0 Å². The Labute approximate surface area is 141 Å². The van der Waals surface area contributed by atoms with Crippen LogP contribution < -0.4 is 64.7 Å². The number of hydrogen-bond acceptors (Lipinski definition) is 7. The molecule has 0 aliphatic carbocycles. The third kappa shape index (κ3) is 2.93. The molecular weight excluding hydrogens is 270 g/mol. The number of aromatic carboxylic acids is 1. The monoisotopic (exact) mass is 272 g/mol. The number of carboxylic acids is 1. The van der Waals surface area contributed by atoms with Crippen molar-refractivity contribution in [3.63, 3.8) is 0 Å². The Morgan fingerprint density at radius 1 is 1.39 bits per heavy atom. The zero-order valence-corrected chi connectivity index (χ0v) is 13.3. The van der Waals surface area contributed by atoms with E-state index in [0.29, 0.717) is 4.52 Å². The number of aromatic amines is 1. The molecule has 18 heavy (non-hydrogen) atoms. The molecule has 2 N–H and O–H groups in total. The van der Waals surface area contributed by atoms with Crippen molar-refractivity contribution >= 4 is 17.6 Å². The fraction of sp³-hybridized carbons (Fsp3) is 0. The van der Waals surface area contributed by atoms with Crippen molar-refractivity contribution in [3.05, 3.63) is 26.3 Å². The summed E-state index contributed by atoms with van der Waals surface area (Å²) >= 11 is 0. The minimum absolute atomic E-state index is 0. The fourth-order valence-corrected chi connectivity index (χ4v) is 0.985. The van der Waals surface area contributed by atoms with E-state index >= 15 is 0 Å². The predicted molar refractivity (Wildman–Crippen MR) is 45.0 cm³/mol. The first-order chi connectivity index (χ1) is 7.50. The van der Waals surface area contributed by atoms with Crippen LogP contribution in [0.2, 0.25) is 0 Å². The first-order valence-corrected chi connectivity index (χ1v) is 3.74. The third-order valence-corrected chi connectivity index (χ3v) is 1.63. The van der Waals surface area contributed by atoms with Gasteiger partial charge in [0.25, 0.3) is 5.78 Å². The summed E-state index contributed by atoms with van der Waals surface area (Å²) in [4.78, 5) is 34.6. The van der Waals surface area contributed by atoms with Gasteiger partial charge >= 0.3 is 76.5 Å². The molecule has 2 aromatic heterocycles. The van der Waals surface area contributed by atoms with E-state index in [-0.39, 0.29) is 64.9 Å². The first kappa shape index (κ1) is 17.2. The minimum Gasteiger partial charge on any atom is -0.475 e. The summed E-state index contributed by atoms with van der Waals surface area (Å²) in [6.07, 6.45) is 0. The summed E-state index contributed by atoms with van der Waals surface area (Å²) in [5, 5.41) is 27.2. The molecule has 0 fully saturated rings. The molecule has 82 valence electrons. The summed E-state index contributed by atoms with van der Waals surface area (Å²) in [7, 11) is 0. The quantitative estimate of drug-likeness (QED) is 0.310. The Morgan fingerprint density at radius 2 is 2.00 bits per heavy atom. The molecule has 0 atom stereocenters. The van der Waals surface area contributed by atoms with Gasteiger partial charge in [-0.05, 0) is 4.92 Å². The van der Waals surface area contributed by atoms with Crippen molar-refractivity contribution in [2.24, 2.45) is 0 Å². The van der Waals surface area contributed by atoms with Gasteiger partial charge in [-0.1, -0.05) is 0 Å². The molecule has 0 bridgehead atoms. The number of rotatable bonds is 2. The Balaban J connectivity index is 0.00000144. The van der Waals surface area contributed by atoms with E-state index in [2.05, 4.69) is 15.2 Å². The van der Waals surface area contributed by atoms with E-state index in [1.165, 1.54) is 0 Å². The van der Waals surface area contributed by atoms with Crippen molar-refractivity contribution in [2.75, 3.05) is 0 Å². The van der Waals surface area contributed by atoms with Crippen LogP contribution in [0.25, 0.3) is 5.78 Å². The molecule has 0 aromatic carbocycles. The summed E-state index contributed by atoms with van der Waals surface area (Å²) in [5.41, 5.74) is -1.13. The van der Waals surface area contributed by atoms with Crippen LogP contribution in [0.3, 0.4) is 0 Å². The van der Waals surface area contributed by atoms with Crippen molar-refractivity contribution < 1.29 is 73.9 Å². The average molecular weight is 272 g/mol. The second-order valence-electron chi connectivity index (χ2n) is 2.60. The van der Waals surface area contributed by atoms with Crippen molar-refractivity contribution in [1.82, 2.24) is 24.8 Å². The molecule has 11 nitrogen and oxygen atoms in total. The second kappa shape index (κ2) is 6.36. The van der Waals surface area contributed by atoms with E-state index < -0.39 is 28.1 Å². The van der Waals surface area contributed by atoms with E-state index in [1.54, 1.807) is 0 Å². The van der Waals surface area contributed by atoms with Gasteiger partial charge in [-0.25, -0.2) is 4.79 Å². The molecule has 13 heteroatoms. The number of carbonyl (C=O) groups is 1. The van der Waals surface area contributed by atoms with Gasteiger partial charge in [0, 0.05) is 5.10 Å². The Hall–Kier alpha value is -0.850. The van der Waals surface area contributed by atoms with Gasteiger partial charge in [-0.15, -0.1) is 0 Å². The van der Waals surface area contributed by atoms with Crippen LogP contribution in [0.1, 0.15) is 10.6 Å². The topological polar surface area (TPSA) is 156 Å². The molecule has 0 unspecified atom stereocenters. The number of H-pyrrole nitrogens is 1. The van der Waals surface area contributed by atoms with Crippen molar-refractivity contribution in [3.8, 4) is 0 Å². The molecule has 0 saturated heterocycles. The van der Waals surface area contributed by atoms with E-state index in [1.807, 2.05) is 5.10 Å². The zero-order valence-electron chi connectivity index (χ0n) is 9.32. The zero-order chi connectivity index (χ0) is 11.9. The summed E-state index contributed by atoms with van der Waals surface area (Å²) in [6.45, 7) is 0. The molecule has 0 spiro atoms. The van der Waals surface area contributed by atoms with Crippen LogP contribution in [0.4, 0.5) is 5.82 Å². The maximum atomic E-state index is 11.4. The molecule has 2 aromatic rings. The first-order valence-electron chi connectivity index (χ1n) is 3.74. The number of nitro groups is 1. The third-order valence-electron chi connectivity index (χ3n) is 1.63. The van der Waals surface area contributed by atoms with Gasteiger partial charge in [-0.3, -0.25) is 9.89 Å². The second-order valence-corrected chi connectivity index (χ2v) is 2.60. The van der Waals surface area contributed by atoms with E-state index in [4.69, 9.17) is 5.11 Å². The number of hydrogen-bond donors (Lipinski definition) is 2. The number of nitrogens with one attached hydrogen (secondary N) is 1. The van der Waals surface area contributed by atoms with Gasteiger partial charge in [0.05, 0.1) is 5.10 Å². The largest absolute Gasteiger partial charge is 1.00 e.